The van der Waals surface area contributed by atoms with Crippen LogP contribution in [-0.4, -0.2) is 19.5 Å². The normalized spacial score (nSPS) is 12.3. The van der Waals surface area contributed by atoms with Crippen LogP contribution in [0, 0.1) is 0 Å². The van der Waals surface area contributed by atoms with Crippen molar-refractivity contribution in [1.82, 2.24) is 19.5 Å². The predicted octanol–water partition coefficient (Wildman–Crippen LogP) is 17.1. The molecule has 16 aromatic rings. The molecule has 0 spiro atoms. The van der Waals surface area contributed by atoms with Crippen molar-refractivity contribution in [2.45, 2.75) is 0 Å². The quantitative estimate of drug-likeness (QED) is 0.175. The van der Waals surface area contributed by atoms with Crippen molar-refractivity contribution < 1.29 is 13.3 Å². The van der Waals surface area contributed by atoms with E-state index in [1.807, 2.05) is 48.5 Å². The maximum atomic E-state index is 7.12. The summed E-state index contributed by atoms with van der Waals surface area (Å²) in [5.41, 5.74) is 10.3. The molecule has 0 N–H and O–H groups in total. The van der Waals surface area contributed by atoms with Gasteiger partial charge in [-0.05, 0) is 88.3 Å². The van der Waals surface area contributed by atoms with Gasteiger partial charge in [-0.3, -0.25) is 0 Å². The number of nitrogens with zero attached hydrogens (tertiary/aromatic N) is 4. The second-order valence-electron chi connectivity index (χ2n) is 18.3. The summed E-state index contributed by atoms with van der Waals surface area (Å²) >= 11 is 0. The summed E-state index contributed by atoms with van der Waals surface area (Å²) in [6.07, 6.45) is 0. The Balaban J connectivity index is 1.02. The van der Waals surface area contributed by atoms with Crippen LogP contribution in [0.3, 0.4) is 0 Å². The number of fused-ring (bicyclic) bond motifs is 17. The molecule has 11 aromatic carbocycles. The van der Waals surface area contributed by atoms with Crippen molar-refractivity contribution in [3.8, 4) is 39.9 Å². The van der Waals surface area contributed by atoms with E-state index in [0.29, 0.717) is 17.5 Å². The van der Waals surface area contributed by atoms with Gasteiger partial charge < -0.3 is 17.8 Å². The number of furan rings is 3. The Morgan fingerprint density at radius 3 is 1.44 bits per heavy atom. The van der Waals surface area contributed by atoms with Gasteiger partial charge in [0.25, 0.3) is 0 Å². The topological polar surface area (TPSA) is 83.0 Å². The Morgan fingerprint density at radius 2 is 0.786 bits per heavy atom. The zero-order chi connectivity index (χ0) is 45.6. The lowest BCUT2D eigenvalue weighted by molar-refractivity contribution is 0.668. The molecular weight excluding hydrogens is 861 g/mol. The highest BCUT2D eigenvalue weighted by Gasteiger charge is 2.24. The van der Waals surface area contributed by atoms with E-state index in [1.165, 1.54) is 16.2 Å². The summed E-state index contributed by atoms with van der Waals surface area (Å²) in [6.45, 7) is 0. The van der Waals surface area contributed by atoms with Crippen LogP contribution in [0.1, 0.15) is 0 Å². The third-order valence-corrected chi connectivity index (χ3v) is 14.4. The van der Waals surface area contributed by atoms with Crippen molar-refractivity contribution in [1.29, 1.82) is 0 Å². The van der Waals surface area contributed by atoms with Gasteiger partial charge in [0.2, 0.25) is 0 Å². The van der Waals surface area contributed by atoms with E-state index in [9.17, 15) is 0 Å². The molecule has 0 aliphatic heterocycles. The Kier molecular flexibility index (Phi) is 7.49. The summed E-state index contributed by atoms with van der Waals surface area (Å²) in [4.78, 5) is 16.0. The fourth-order valence-corrected chi connectivity index (χ4v) is 11.1. The highest BCUT2D eigenvalue weighted by atomic mass is 16.3. The van der Waals surface area contributed by atoms with Crippen molar-refractivity contribution >= 4 is 120 Å². The molecule has 0 unspecified atom stereocenters. The highest BCUT2D eigenvalue weighted by Crippen LogP contribution is 2.45. The average molecular weight is 895 g/mol. The number of rotatable bonds is 4. The molecule has 0 radical (unpaired) electrons. The molecule has 16 rings (SSSR count). The summed E-state index contributed by atoms with van der Waals surface area (Å²) in [5.74, 6) is 1.52. The zero-order valence-electron chi connectivity index (χ0n) is 37.1. The van der Waals surface area contributed by atoms with Crippen LogP contribution in [-0.2, 0) is 0 Å². The molecular formula is C63H34N4O3. The number of benzene rings is 11. The largest absolute Gasteiger partial charge is 0.456 e. The van der Waals surface area contributed by atoms with Gasteiger partial charge in [0.1, 0.15) is 33.5 Å². The van der Waals surface area contributed by atoms with Crippen molar-refractivity contribution in [3.05, 3.63) is 206 Å². The average Bonchev–Trinajstić information content (AvgIpc) is 4.18. The maximum absolute atomic E-state index is 7.12. The third-order valence-electron chi connectivity index (χ3n) is 14.4. The first kappa shape index (κ1) is 37.5. The molecule has 0 saturated heterocycles. The van der Waals surface area contributed by atoms with Crippen LogP contribution in [0.5, 0.6) is 0 Å². The molecule has 0 amide bonds. The molecule has 5 aromatic heterocycles. The van der Waals surface area contributed by atoms with Gasteiger partial charge in [-0.25, -0.2) is 15.0 Å². The maximum Gasteiger partial charge on any atom is 0.164 e. The summed E-state index contributed by atoms with van der Waals surface area (Å²) < 4.78 is 22.4. The molecule has 7 nitrogen and oxygen atoms in total. The molecule has 0 fully saturated rings. The minimum absolute atomic E-state index is 0.499. The van der Waals surface area contributed by atoms with E-state index in [2.05, 4.69) is 162 Å². The van der Waals surface area contributed by atoms with Gasteiger partial charge in [0, 0.05) is 65.2 Å². The second-order valence-corrected chi connectivity index (χ2v) is 18.3. The Bertz CT molecular complexity index is 4780. The third kappa shape index (κ3) is 5.37. The summed E-state index contributed by atoms with van der Waals surface area (Å²) in [7, 11) is 0. The van der Waals surface area contributed by atoms with Crippen molar-refractivity contribution in [3.63, 3.8) is 0 Å². The monoisotopic (exact) mass is 894 g/mol. The van der Waals surface area contributed by atoms with Gasteiger partial charge >= 0.3 is 0 Å². The molecule has 0 aliphatic rings. The summed E-state index contributed by atoms with van der Waals surface area (Å²) in [6, 6.07) is 72.3. The van der Waals surface area contributed by atoms with Crippen LogP contribution in [0.15, 0.2) is 220 Å². The predicted molar refractivity (Wildman–Crippen MR) is 285 cm³/mol. The molecule has 0 aliphatic carbocycles. The Labute approximate surface area is 397 Å². The molecule has 7 heteroatoms. The van der Waals surface area contributed by atoms with Crippen LogP contribution in [0.4, 0.5) is 0 Å². The van der Waals surface area contributed by atoms with Gasteiger partial charge in [0.05, 0.1) is 22.1 Å². The lowest BCUT2D eigenvalue weighted by Crippen LogP contribution is -2.02. The first-order chi connectivity index (χ1) is 34.6. The number of aromatic nitrogens is 4. The lowest BCUT2D eigenvalue weighted by Gasteiger charge is -2.14. The highest BCUT2D eigenvalue weighted by molar-refractivity contribution is 6.24. The molecule has 0 saturated carbocycles. The van der Waals surface area contributed by atoms with Gasteiger partial charge in [-0.1, -0.05) is 140 Å². The first-order valence-corrected chi connectivity index (χ1v) is 23.5. The number of hydrogen-bond donors (Lipinski definition) is 0. The number of hydrogen-bond acceptors (Lipinski definition) is 6. The summed E-state index contributed by atoms with van der Waals surface area (Å²) in [5, 5.41) is 15.4. The Hall–Kier alpha value is -9.59. The lowest BCUT2D eigenvalue weighted by atomic mass is 10.0. The molecule has 324 valence electrons. The van der Waals surface area contributed by atoms with Crippen molar-refractivity contribution in [2.75, 3.05) is 0 Å². The van der Waals surface area contributed by atoms with Crippen LogP contribution in [0.25, 0.3) is 160 Å². The molecule has 0 atom stereocenters. The van der Waals surface area contributed by atoms with E-state index in [0.717, 1.165) is 126 Å². The minimum Gasteiger partial charge on any atom is -0.456 e. The van der Waals surface area contributed by atoms with E-state index in [1.54, 1.807) is 0 Å². The fourth-order valence-electron chi connectivity index (χ4n) is 11.1. The van der Waals surface area contributed by atoms with E-state index in [-0.39, 0.29) is 0 Å². The van der Waals surface area contributed by atoms with Gasteiger partial charge in [-0.2, -0.15) is 0 Å². The smallest absolute Gasteiger partial charge is 0.164 e. The Morgan fingerprint density at radius 1 is 0.300 bits per heavy atom. The van der Waals surface area contributed by atoms with Crippen molar-refractivity contribution in [2.24, 2.45) is 0 Å². The van der Waals surface area contributed by atoms with Gasteiger partial charge in [0.15, 0.2) is 17.5 Å². The zero-order valence-corrected chi connectivity index (χ0v) is 37.1. The number of para-hydroxylation sites is 2. The van der Waals surface area contributed by atoms with Crippen LogP contribution >= 0.6 is 0 Å². The molecule has 0 bridgehead atoms. The minimum atomic E-state index is 0.499. The fraction of sp³-hybridized carbons (Fsp3) is 0. The van der Waals surface area contributed by atoms with E-state index >= 15 is 0 Å². The molecule has 5 heterocycles. The van der Waals surface area contributed by atoms with E-state index < -0.39 is 0 Å². The van der Waals surface area contributed by atoms with Crippen LogP contribution < -0.4 is 0 Å². The van der Waals surface area contributed by atoms with Crippen LogP contribution in [0.2, 0.25) is 0 Å². The van der Waals surface area contributed by atoms with Gasteiger partial charge in [-0.15, -0.1) is 0 Å². The molecule has 70 heavy (non-hydrogen) atoms. The second kappa shape index (κ2) is 14.0. The SMILES string of the molecule is c1ccc2cc3c(cc2c1)c1ccc2ccccc2c1n3-c1cc(-c2nc(-c3ccc4c(c3)oc3ccccc34)nc(-c3ccc4c(c3)oc3ccccc34)n2)cc2oc3c4ccccc4ccc3c12. The van der Waals surface area contributed by atoms with E-state index in [4.69, 9.17) is 28.2 Å². The standard InChI is InChI=1S/C63H34N4O3/c1-2-14-38-30-51-50(29-37(38)13-1)48-27-21-35-11-3-5-15-42(35)59(48)67(51)52-31-41(34-57-58(52)49-28-22-36-12-4-6-16-43(36)60(49)70-57)63-65-61(39-23-25-46-44-17-7-9-19-53(44)68-55(46)32-39)64-62(66-63)40-24-26-47-45-18-8-10-20-54(45)69-56(47)33-40/h1-34H. The first-order valence-electron chi connectivity index (χ1n) is 23.5.